The Hall–Kier alpha value is -1.33. The molecule has 0 unspecified atom stereocenters. The number of esters is 1. The predicted molar refractivity (Wildman–Crippen MR) is 104 cm³/mol. The summed E-state index contributed by atoms with van der Waals surface area (Å²) in [7, 11) is 0. The van der Waals surface area contributed by atoms with Gasteiger partial charge >= 0.3 is 5.97 Å². The molecule has 4 nitrogen and oxygen atoms in total. The number of ether oxygens (including phenoxy) is 3. The van der Waals surface area contributed by atoms with Crippen molar-refractivity contribution in [2.75, 3.05) is 19.8 Å². The van der Waals surface area contributed by atoms with Crippen molar-refractivity contribution in [1.29, 1.82) is 0 Å². The zero-order chi connectivity index (χ0) is 18.9. The maximum absolute atomic E-state index is 11.7. The molecule has 8 heteroatoms. The maximum Gasteiger partial charge on any atom is 0.306 e. The average molecular weight is 438 g/mol. The van der Waals surface area contributed by atoms with Crippen LogP contribution in [0.15, 0.2) is 36.4 Å². The molecule has 0 amide bonds. The van der Waals surface area contributed by atoms with Crippen LogP contribution in [0.25, 0.3) is 0 Å². The van der Waals surface area contributed by atoms with Gasteiger partial charge in [0.1, 0.15) is 24.7 Å². The van der Waals surface area contributed by atoms with E-state index in [9.17, 15) is 4.79 Å². The van der Waals surface area contributed by atoms with Crippen LogP contribution in [0, 0.1) is 0 Å². The van der Waals surface area contributed by atoms with E-state index in [0.29, 0.717) is 44.6 Å². The second kappa shape index (κ2) is 10.7. The lowest BCUT2D eigenvalue weighted by molar-refractivity contribution is -0.144. The summed E-state index contributed by atoms with van der Waals surface area (Å²) < 4.78 is 16.0. The largest absolute Gasteiger partial charge is 0.492 e. The van der Waals surface area contributed by atoms with Gasteiger partial charge in [-0.1, -0.05) is 46.4 Å². The Morgan fingerprint density at radius 3 is 1.85 bits per heavy atom. The van der Waals surface area contributed by atoms with Gasteiger partial charge in [-0.05, 0) is 42.8 Å². The lowest BCUT2D eigenvalue weighted by Gasteiger charge is -2.10. The third-order valence-electron chi connectivity index (χ3n) is 3.17. The number of halogens is 4. The van der Waals surface area contributed by atoms with Crippen LogP contribution in [0.3, 0.4) is 0 Å². The van der Waals surface area contributed by atoms with Gasteiger partial charge in [-0.2, -0.15) is 0 Å². The molecule has 0 fully saturated rings. The minimum absolute atomic E-state index is 0.127. The van der Waals surface area contributed by atoms with Crippen LogP contribution in [0.5, 0.6) is 11.5 Å². The fraction of sp³-hybridized carbons (Fsp3) is 0.278. The van der Waals surface area contributed by atoms with E-state index in [1.54, 1.807) is 36.4 Å². The molecule has 26 heavy (non-hydrogen) atoms. The molecule has 0 aliphatic rings. The molecule has 140 valence electrons. The Kier molecular flexibility index (Phi) is 8.66. The quantitative estimate of drug-likeness (QED) is 0.352. The third-order valence-corrected chi connectivity index (χ3v) is 4.24. The van der Waals surface area contributed by atoms with E-state index >= 15 is 0 Å². The Morgan fingerprint density at radius 1 is 0.769 bits per heavy atom. The predicted octanol–water partition coefficient (Wildman–Crippen LogP) is 6.08. The first-order valence-electron chi connectivity index (χ1n) is 7.77. The Labute approximate surface area is 171 Å². The van der Waals surface area contributed by atoms with Crippen molar-refractivity contribution in [3.8, 4) is 11.5 Å². The molecular weight excluding hydrogens is 422 g/mol. The van der Waals surface area contributed by atoms with Gasteiger partial charge in [-0.15, -0.1) is 0 Å². The van der Waals surface area contributed by atoms with Gasteiger partial charge in [-0.3, -0.25) is 4.79 Å². The topological polar surface area (TPSA) is 44.8 Å². The molecule has 0 N–H and O–H groups in total. The van der Waals surface area contributed by atoms with Crippen molar-refractivity contribution in [2.45, 2.75) is 12.8 Å². The molecule has 0 saturated carbocycles. The van der Waals surface area contributed by atoms with Gasteiger partial charge in [-0.25, -0.2) is 0 Å². The molecule has 2 aromatic carbocycles. The molecule has 0 bridgehead atoms. The van der Waals surface area contributed by atoms with Gasteiger partial charge in [0.2, 0.25) is 0 Å². The van der Waals surface area contributed by atoms with Crippen LogP contribution < -0.4 is 9.47 Å². The van der Waals surface area contributed by atoms with E-state index in [1.807, 2.05) is 0 Å². The van der Waals surface area contributed by atoms with Crippen LogP contribution in [-0.4, -0.2) is 25.8 Å². The minimum atomic E-state index is -0.332. The molecule has 0 radical (unpaired) electrons. The van der Waals surface area contributed by atoms with Gasteiger partial charge in [0.05, 0.1) is 16.7 Å². The normalized spacial score (nSPS) is 10.5. The molecular formula is C18H16Cl4O4. The molecule has 2 rings (SSSR count). The highest BCUT2D eigenvalue weighted by Gasteiger charge is 2.06. The number of rotatable bonds is 9. The van der Waals surface area contributed by atoms with Crippen LogP contribution in [0.4, 0.5) is 0 Å². The first-order chi connectivity index (χ1) is 12.5. The summed E-state index contributed by atoms with van der Waals surface area (Å²) in [6.07, 6.45) is 0.731. The highest BCUT2D eigenvalue weighted by molar-refractivity contribution is 6.36. The highest BCUT2D eigenvalue weighted by Crippen LogP contribution is 2.28. The molecule has 0 aliphatic carbocycles. The van der Waals surface area contributed by atoms with Gasteiger partial charge in [0.15, 0.2) is 0 Å². The van der Waals surface area contributed by atoms with Crippen molar-refractivity contribution in [2.24, 2.45) is 0 Å². The Balaban J connectivity index is 1.59. The molecule has 0 heterocycles. The molecule has 0 saturated heterocycles. The average Bonchev–Trinajstić information content (AvgIpc) is 2.58. The van der Waals surface area contributed by atoms with E-state index in [0.717, 1.165) is 0 Å². The number of carbonyl (C=O) groups is 1. The zero-order valence-corrected chi connectivity index (χ0v) is 16.7. The lowest BCUT2D eigenvalue weighted by atomic mass is 10.3. The molecule has 0 aromatic heterocycles. The van der Waals surface area contributed by atoms with Gasteiger partial charge < -0.3 is 14.2 Å². The zero-order valence-electron chi connectivity index (χ0n) is 13.6. The molecule has 0 aliphatic heterocycles. The van der Waals surface area contributed by atoms with Crippen molar-refractivity contribution >= 4 is 52.4 Å². The summed E-state index contributed by atoms with van der Waals surface area (Å²) in [5.74, 6) is 0.680. The number of benzene rings is 2. The fourth-order valence-electron chi connectivity index (χ4n) is 1.96. The summed E-state index contributed by atoms with van der Waals surface area (Å²) >= 11 is 23.6. The SMILES string of the molecule is O=C(CCCOc1ccc(Cl)cc1Cl)OCCOc1ccc(Cl)cc1Cl. The second-order valence-electron chi connectivity index (χ2n) is 5.17. The van der Waals surface area contributed by atoms with Crippen LogP contribution >= 0.6 is 46.4 Å². The van der Waals surface area contributed by atoms with Crippen LogP contribution in [0.2, 0.25) is 20.1 Å². The number of carbonyl (C=O) groups excluding carboxylic acids is 1. The molecule has 0 spiro atoms. The van der Waals surface area contributed by atoms with Gasteiger partial charge in [0.25, 0.3) is 0 Å². The smallest absolute Gasteiger partial charge is 0.306 e. The van der Waals surface area contributed by atoms with Crippen molar-refractivity contribution in [3.05, 3.63) is 56.5 Å². The maximum atomic E-state index is 11.7. The van der Waals surface area contributed by atoms with Crippen LogP contribution in [-0.2, 0) is 9.53 Å². The first-order valence-corrected chi connectivity index (χ1v) is 9.28. The lowest BCUT2D eigenvalue weighted by Crippen LogP contribution is -2.13. The van der Waals surface area contributed by atoms with Crippen molar-refractivity contribution in [3.63, 3.8) is 0 Å². The first kappa shape index (κ1) is 21.0. The molecule has 2 aromatic rings. The minimum Gasteiger partial charge on any atom is -0.492 e. The van der Waals surface area contributed by atoms with E-state index < -0.39 is 0 Å². The standard InChI is InChI=1S/C18H16Cl4O4/c19-12-3-5-16(14(21)10-12)24-7-1-2-18(23)26-9-8-25-17-6-4-13(20)11-15(17)22/h3-6,10-11H,1-2,7-9H2. The second-order valence-corrected chi connectivity index (χ2v) is 6.86. The summed E-state index contributed by atoms with van der Waals surface area (Å²) in [5.41, 5.74) is 0. The fourth-order valence-corrected chi connectivity index (χ4v) is 2.89. The van der Waals surface area contributed by atoms with E-state index in [-0.39, 0.29) is 25.6 Å². The Morgan fingerprint density at radius 2 is 1.31 bits per heavy atom. The summed E-state index contributed by atoms with van der Waals surface area (Å²) in [6.45, 7) is 0.666. The van der Waals surface area contributed by atoms with E-state index in [2.05, 4.69) is 0 Å². The summed E-state index contributed by atoms with van der Waals surface area (Å²) in [6, 6.07) is 9.87. The molecule has 0 atom stereocenters. The summed E-state index contributed by atoms with van der Waals surface area (Å²) in [4.78, 5) is 11.7. The van der Waals surface area contributed by atoms with Crippen molar-refractivity contribution < 1.29 is 19.0 Å². The highest BCUT2D eigenvalue weighted by atomic mass is 35.5. The van der Waals surface area contributed by atoms with Gasteiger partial charge in [0, 0.05) is 16.5 Å². The number of hydrogen-bond acceptors (Lipinski definition) is 4. The third kappa shape index (κ3) is 7.12. The van der Waals surface area contributed by atoms with E-state index in [4.69, 9.17) is 60.6 Å². The van der Waals surface area contributed by atoms with Crippen molar-refractivity contribution in [1.82, 2.24) is 0 Å². The Bertz CT molecular complexity index is 690. The van der Waals surface area contributed by atoms with Crippen LogP contribution in [0.1, 0.15) is 12.8 Å². The van der Waals surface area contributed by atoms with E-state index in [1.165, 1.54) is 0 Å². The number of hydrogen-bond donors (Lipinski definition) is 0. The monoisotopic (exact) mass is 436 g/mol. The summed E-state index contributed by atoms with van der Waals surface area (Å²) in [5, 5.41) is 1.89.